The first-order valence-corrected chi connectivity index (χ1v) is 7.63. The molecule has 0 fully saturated rings. The molecule has 0 atom stereocenters. The average molecular weight is 287 g/mol. The largest absolute Gasteiger partial charge is 0.466 e. The van der Waals surface area contributed by atoms with Gasteiger partial charge in [-0.2, -0.15) is 0 Å². The van der Waals surface area contributed by atoms with Crippen molar-refractivity contribution in [2.24, 2.45) is 11.8 Å². The van der Waals surface area contributed by atoms with Crippen LogP contribution in [-0.4, -0.2) is 36.6 Å². The Balaban J connectivity index is 2.12. The first-order valence-electron chi connectivity index (χ1n) is 6.81. The Hall–Kier alpha value is -0.720. The summed E-state index contributed by atoms with van der Waals surface area (Å²) in [5, 5.41) is 13.0. The Labute approximate surface area is 119 Å². The number of rotatable bonds is 10. The van der Waals surface area contributed by atoms with E-state index in [4.69, 9.17) is 9.47 Å². The predicted molar refractivity (Wildman–Crippen MR) is 77.6 cm³/mol. The van der Waals surface area contributed by atoms with E-state index in [0.717, 1.165) is 24.7 Å². The molecule has 110 valence electrons. The highest BCUT2D eigenvalue weighted by molar-refractivity contribution is 7.13. The minimum absolute atomic E-state index is 0.529. The van der Waals surface area contributed by atoms with Crippen molar-refractivity contribution in [2.75, 3.05) is 26.4 Å². The summed E-state index contributed by atoms with van der Waals surface area (Å²) in [4.78, 5) is 0. The molecule has 0 aromatic carbocycles. The molecule has 0 unspecified atom stereocenters. The molecule has 19 heavy (non-hydrogen) atoms. The summed E-state index contributed by atoms with van der Waals surface area (Å²) < 4.78 is 10.9. The van der Waals surface area contributed by atoms with E-state index in [1.807, 2.05) is 0 Å². The van der Waals surface area contributed by atoms with E-state index < -0.39 is 0 Å². The lowest BCUT2D eigenvalue weighted by molar-refractivity contribution is 0.0816. The fraction of sp³-hybridized carbons (Fsp3) is 0.846. The third-order valence-corrected chi connectivity index (χ3v) is 3.02. The van der Waals surface area contributed by atoms with Crippen LogP contribution >= 0.6 is 11.3 Å². The van der Waals surface area contributed by atoms with E-state index in [-0.39, 0.29) is 0 Å². The van der Waals surface area contributed by atoms with Crippen molar-refractivity contribution in [3.8, 4) is 5.19 Å². The van der Waals surface area contributed by atoms with Gasteiger partial charge >= 0.3 is 0 Å². The summed E-state index contributed by atoms with van der Waals surface area (Å²) in [5.74, 6) is 1.20. The molecule has 0 saturated carbocycles. The highest BCUT2D eigenvalue weighted by atomic mass is 32.1. The van der Waals surface area contributed by atoms with E-state index in [1.165, 1.54) is 11.3 Å². The van der Waals surface area contributed by atoms with Gasteiger partial charge in [0.2, 0.25) is 0 Å². The van der Waals surface area contributed by atoms with Gasteiger partial charge in [0.1, 0.15) is 11.6 Å². The molecule has 5 nitrogen and oxygen atoms in total. The maximum absolute atomic E-state index is 5.49. The van der Waals surface area contributed by atoms with Gasteiger partial charge < -0.3 is 14.8 Å². The van der Waals surface area contributed by atoms with Crippen molar-refractivity contribution in [3.05, 3.63) is 5.01 Å². The highest BCUT2D eigenvalue weighted by Crippen LogP contribution is 2.17. The molecular weight excluding hydrogens is 262 g/mol. The molecule has 1 heterocycles. The van der Waals surface area contributed by atoms with Crippen molar-refractivity contribution in [1.29, 1.82) is 0 Å². The van der Waals surface area contributed by atoms with E-state index in [9.17, 15) is 0 Å². The van der Waals surface area contributed by atoms with Gasteiger partial charge in [0.05, 0.1) is 6.61 Å². The van der Waals surface area contributed by atoms with Crippen LogP contribution in [0.3, 0.4) is 0 Å². The minimum atomic E-state index is 0.529. The summed E-state index contributed by atoms with van der Waals surface area (Å²) in [6.45, 7) is 12.2. The van der Waals surface area contributed by atoms with Gasteiger partial charge in [0, 0.05) is 13.2 Å². The highest BCUT2D eigenvalue weighted by Gasteiger charge is 2.05. The van der Waals surface area contributed by atoms with Gasteiger partial charge in [-0.15, -0.1) is 10.2 Å². The lowest BCUT2D eigenvalue weighted by Crippen LogP contribution is -2.18. The Morgan fingerprint density at radius 3 is 2.58 bits per heavy atom. The number of nitrogens with zero attached hydrogens (tertiary/aromatic N) is 2. The van der Waals surface area contributed by atoms with Crippen LogP contribution in [0.5, 0.6) is 5.19 Å². The third-order valence-electron chi connectivity index (χ3n) is 2.18. The number of ether oxygens (including phenoxy) is 2. The summed E-state index contributed by atoms with van der Waals surface area (Å²) in [6.07, 6.45) is 0. The molecule has 0 bridgehead atoms. The zero-order valence-electron chi connectivity index (χ0n) is 12.3. The van der Waals surface area contributed by atoms with Crippen molar-refractivity contribution >= 4 is 11.3 Å². The molecule has 0 amide bonds. The van der Waals surface area contributed by atoms with Gasteiger partial charge in [-0.05, 0) is 18.4 Å². The molecular formula is C13H25N3O2S. The van der Waals surface area contributed by atoms with E-state index in [1.54, 1.807) is 0 Å². The number of nitrogens with one attached hydrogen (secondary N) is 1. The van der Waals surface area contributed by atoms with Crippen LogP contribution in [0.25, 0.3) is 0 Å². The second-order valence-corrected chi connectivity index (χ2v) is 6.33. The summed E-state index contributed by atoms with van der Waals surface area (Å²) in [5.41, 5.74) is 0. The van der Waals surface area contributed by atoms with Crippen molar-refractivity contribution in [1.82, 2.24) is 15.5 Å². The molecule has 0 aliphatic heterocycles. The predicted octanol–water partition coefficient (Wildman–Crippen LogP) is 2.34. The van der Waals surface area contributed by atoms with Gasteiger partial charge in [-0.25, -0.2) is 0 Å². The van der Waals surface area contributed by atoms with Crippen LogP contribution in [0.4, 0.5) is 0 Å². The smallest absolute Gasteiger partial charge is 0.294 e. The summed E-state index contributed by atoms with van der Waals surface area (Å²) in [7, 11) is 0. The molecule has 0 saturated heterocycles. The van der Waals surface area contributed by atoms with Crippen molar-refractivity contribution in [2.45, 2.75) is 34.2 Å². The molecule has 0 radical (unpaired) electrons. The van der Waals surface area contributed by atoms with Crippen LogP contribution in [0, 0.1) is 11.8 Å². The van der Waals surface area contributed by atoms with Crippen molar-refractivity contribution < 1.29 is 9.47 Å². The number of hydrogen-bond donors (Lipinski definition) is 1. The van der Waals surface area contributed by atoms with Gasteiger partial charge in [-0.1, -0.05) is 39.0 Å². The third kappa shape index (κ3) is 8.13. The lowest BCUT2D eigenvalue weighted by atomic mass is 10.2. The Bertz CT molecular complexity index is 342. The first kappa shape index (κ1) is 16.3. The van der Waals surface area contributed by atoms with E-state index in [0.29, 0.717) is 30.2 Å². The van der Waals surface area contributed by atoms with Gasteiger partial charge in [-0.3, -0.25) is 0 Å². The first-order chi connectivity index (χ1) is 9.08. The maximum Gasteiger partial charge on any atom is 0.294 e. The van der Waals surface area contributed by atoms with Crippen LogP contribution in [0.15, 0.2) is 0 Å². The van der Waals surface area contributed by atoms with E-state index >= 15 is 0 Å². The average Bonchev–Trinajstić information content (AvgIpc) is 2.76. The molecule has 0 aliphatic carbocycles. The van der Waals surface area contributed by atoms with Crippen LogP contribution in [-0.2, 0) is 11.3 Å². The lowest BCUT2D eigenvalue weighted by Gasteiger charge is -2.06. The Morgan fingerprint density at radius 2 is 1.89 bits per heavy atom. The van der Waals surface area contributed by atoms with Crippen LogP contribution in [0.1, 0.15) is 32.7 Å². The summed E-state index contributed by atoms with van der Waals surface area (Å²) >= 11 is 1.49. The summed E-state index contributed by atoms with van der Waals surface area (Å²) in [6, 6.07) is 0. The molecule has 1 rings (SSSR count). The standard InChI is InChI=1S/C13H25N3O2S/c1-10(2)7-14-8-12-15-16-13(19-12)18-6-5-17-9-11(3)4/h10-11,14H,5-9H2,1-4H3. The molecule has 6 heteroatoms. The fourth-order valence-corrected chi connectivity index (χ4v) is 2.02. The maximum atomic E-state index is 5.49. The zero-order chi connectivity index (χ0) is 14.1. The van der Waals surface area contributed by atoms with Crippen LogP contribution < -0.4 is 10.1 Å². The molecule has 1 aromatic rings. The Morgan fingerprint density at radius 1 is 1.11 bits per heavy atom. The minimum Gasteiger partial charge on any atom is -0.466 e. The molecule has 0 aliphatic rings. The number of hydrogen-bond acceptors (Lipinski definition) is 6. The zero-order valence-corrected chi connectivity index (χ0v) is 13.1. The SMILES string of the molecule is CC(C)CNCc1nnc(OCCOCC(C)C)s1. The molecule has 0 spiro atoms. The van der Waals surface area contributed by atoms with Gasteiger partial charge in [0.15, 0.2) is 0 Å². The fourth-order valence-electron chi connectivity index (χ4n) is 1.34. The second kappa shape index (κ2) is 9.23. The second-order valence-electron chi connectivity index (χ2n) is 5.30. The number of aromatic nitrogens is 2. The Kier molecular flexibility index (Phi) is 7.93. The van der Waals surface area contributed by atoms with Crippen LogP contribution in [0.2, 0.25) is 0 Å². The van der Waals surface area contributed by atoms with Crippen molar-refractivity contribution in [3.63, 3.8) is 0 Å². The molecule has 1 N–H and O–H groups in total. The normalized spacial score (nSPS) is 11.5. The topological polar surface area (TPSA) is 56.3 Å². The quantitative estimate of drug-likeness (QED) is 0.669. The molecule has 1 aromatic heterocycles. The van der Waals surface area contributed by atoms with Gasteiger partial charge in [0.25, 0.3) is 5.19 Å². The monoisotopic (exact) mass is 287 g/mol. The van der Waals surface area contributed by atoms with E-state index in [2.05, 4.69) is 43.2 Å².